The van der Waals surface area contributed by atoms with Crippen molar-refractivity contribution in [3.63, 3.8) is 0 Å². The molecule has 1 aromatic carbocycles. The first kappa shape index (κ1) is 26.0. The second-order valence-electron chi connectivity index (χ2n) is 7.47. The van der Waals surface area contributed by atoms with Crippen LogP contribution in [0, 0.1) is 5.41 Å². The van der Waals surface area contributed by atoms with Gasteiger partial charge in [0.1, 0.15) is 17.9 Å². The van der Waals surface area contributed by atoms with Crippen LogP contribution in [0.2, 0.25) is 0 Å². The molecule has 2 rings (SSSR count). The van der Waals surface area contributed by atoms with E-state index < -0.39 is 11.0 Å². The largest absolute Gasteiger partial charge is 0.492 e. The molecular weight excluding hydrogens is 389 g/mol. The Morgan fingerprint density at radius 2 is 1.85 bits per heavy atom. The first-order chi connectivity index (χ1) is 11.7. The summed E-state index contributed by atoms with van der Waals surface area (Å²) in [5.41, 5.74) is 5.79. The predicted octanol–water partition coefficient (Wildman–Crippen LogP) is 2.94. The molecule has 156 valence electrons. The summed E-state index contributed by atoms with van der Waals surface area (Å²) >= 11 is 0. The van der Waals surface area contributed by atoms with Gasteiger partial charge in [-0.1, -0.05) is 13.8 Å². The van der Waals surface area contributed by atoms with Crippen molar-refractivity contribution in [1.82, 2.24) is 4.90 Å². The van der Waals surface area contributed by atoms with Gasteiger partial charge in [0.2, 0.25) is 5.91 Å². The number of ether oxygens (including phenoxy) is 2. The lowest BCUT2D eigenvalue weighted by Gasteiger charge is -2.57. The van der Waals surface area contributed by atoms with Gasteiger partial charge in [-0.05, 0) is 45.3 Å². The van der Waals surface area contributed by atoms with Gasteiger partial charge in [0, 0.05) is 30.7 Å². The Balaban J connectivity index is 0.00000338. The molecule has 1 aliphatic carbocycles. The standard InChI is InChI=1S/C19H31N3O3.2ClH/c1-6-24-16-13-19(20,18(16,2)3)17(23)21-14-7-9-15(10-8-14)25-12-11-22(4)5;;/h7-10,16H,6,11-13,20H2,1-5H3,(H,21,23);2*1H. The summed E-state index contributed by atoms with van der Waals surface area (Å²) in [6, 6.07) is 7.36. The van der Waals surface area contributed by atoms with E-state index in [0.717, 1.165) is 12.3 Å². The zero-order valence-corrected chi connectivity index (χ0v) is 18.4. The van der Waals surface area contributed by atoms with Gasteiger partial charge in [0.15, 0.2) is 0 Å². The molecule has 1 aliphatic rings. The zero-order valence-electron chi connectivity index (χ0n) is 16.8. The van der Waals surface area contributed by atoms with Gasteiger partial charge < -0.3 is 25.4 Å². The first-order valence-corrected chi connectivity index (χ1v) is 8.80. The predicted molar refractivity (Wildman–Crippen MR) is 114 cm³/mol. The molecule has 1 fully saturated rings. The number of benzene rings is 1. The normalized spacial score (nSPS) is 22.9. The zero-order chi connectivity index (χ0) is 18.7. The molecule has 0 radical (unpaired) electrons. The van der Waals surface area contributed by atoms with Crippen molar-refractivity contribution in [2.24, 2.45) is 11.1 Å². The highest BCUT2D eigenvalue weighted by molar-refractivity contribution is 5.99. The fraction of sp³-hybridized carbons (Fsp3) is 0.632. The molecule has 0 spiro atoms. The number of rotatable bonds is 8. The summed E-state index contributed by atoms with van der Waals surface area (Å²) in [4.78, 5) is 14.7. The summed E-state index contributed by atoms with van der Waals surface area (Å²) in [6.07, 6.45) is 0.548. The number of nitrogens with zero attached hydrogens (tertiary/aromatic N) is 1. The van der Waals surface area contributed by atoms with E-state index in [9.17, 15) is 4.79 Å². The van der Waals surface area contributed by atoms with Crippen LogP contribution in [-0.2, 0) is 9.53 Å². The van der Waals surface area contributed by atoms with Crippen LogP contribution in [0.4, 0.5) is 5.69 Å². The van der Waals surface area contributed by atoms with E-state index in [0.29, 0.717) is 25.3 Å². The Kier molecular flexibility index (Phi) is 10.1. The summed E-state index contributed by atoms with van der Waals surface area (Å²) in [7, 11) is 4.01. The number of anilines is 1. The van der Waals surface area contributed by atoms with Crippen LogP contribution in [0.25, 0.3) is 0 Å². The van der Waals surface area contributed by atoms with Crippen molar-refractivity contribution < 1.29 is 14.3 Å². The number of nitrogens with one attached hydrogen (secondary N) is 1. The van der Waals surface area contributed by atoms with E-state index in [1.54, 1.807) is 0 Å². The fourth-order valence-corrected chi connectivity index (χ4v) is 3.04. The second kappa shape index (κ2) is 10.5. The maximum Gasteiger partial charge on any atom is 0.245 e. The molecule has 8 heteroatoms. The van der Waals surface area contributed by atoms with E-state index in [2.05, 4.69) is 10.2 Å². The van der Waals surface area contributed by atoms with Crippen molar-refractivity contribution in [2.45, 2.75) is 38.8 Å². The molecule has 2 unspecified atom stereocenters. The van der Waals surface area contributed by atoms with E-state index in [1.165, 1.54) is 0 Å². The highest BCUT2D eigenvalue weighted by atomic mass is 35.5. The van der Waals surface area contributed by atoms with Crippen LogP contribution in [0.15, 0.2) is 24.3 Å². The van der Waals surface area contributed by atoms with Crippen LogP contribution in [-0.4, -0.2) is 56.3 Å². The number of hydrogen-bond acceptors (Lipinski definition) is 5. The third kappa shape index (κ3) is 5.72. The molecule has 27 heavy (non-hydrogen) atoms. The van der Waals surface area contributed by atoms with E-state index in [1.807, 2.05) is 59.1 Å². The maximum atomic E-state index is 12.7. The molecule has 1 saturated carbocycles. The van der Waals surface area contributed by atoms with Crippen LogP contribution >= 0.6 is 24.8 Å². The minimum atomic E-state index is -0.923. The minimum absolute atomic E-state index is 0. The van der Waals surface area contributed by atoms with Crippen molar-refractivity contribution >= 4 is 36.4 Å². The third-order valence-electron chi connectivity index (χ3n) is 5.15. The molecule has 0 bridgehead atoms. The average molecular weight is 422 g/mol. The Bertz CT molecular complexity index is 596. The number of amides is 1. The van der Waals surface area contributed by atoms with Gasteiger partial charge in [0.05, 0.1) is 6.10 Å². The smallest absolute Gasteiger partial charge is 0.245 e. The van der Waals surface area contributed by atoms with Crippen molar-refractivity contribution in [3.8, 4) is 5.75 Å². The summed E-state index contributed by atoms with van der Waals surface area (Å²) < 4.78 is 11.3. The lowest BCUT2D eigenvalue weighted by atomic mass is 9.54. The maximum absolute atomic E-state index is 12.7. The molecule has 0 aromatic heterocycles. The lowest BCUT2D eigenvalue weighted by Crippen LogP contribution is -2.74. The van der Waals surface area contributed by atoms with Gasteiger partial charge in [0.25, 0.3) is 0 Å². The first-order valence-electron chi connectivity index (χ1n) is 8.80. The SMILES string of the molecule is CCOC1CC(N)(C(=O)Nc2ccc(OCCN(C)C)cc2)C1(C)C.Cl.Cl. The molecule has 0 saturated heterocycles. The molecule has 6 nitrogen and oxygen atoms in total. The topological polar surface area (TPSA) is 76.8 Å². The van der Waals surface area contributed by atoms with Gasteiger partial charge in [-0.15, -0.1) is 24.8 Å². The molecule has 0 aliphatic heterocycles. The minimum Gasteiger partial charge on any atom is -0.492 e. The Labute approximate surface area is 175 Å². The van der Waals surface area contributed by atoms with Crippen LogP contribution < -0.4 is 15.8 Å². The number of hydrogen-bond donors (Lipinski definition) is 2. The monoisotopic (exact) mass is 421 g/mol. The van der Waals surface area contributed by atoms with E-state index >= 15 is 0 Å². The summed E-state index contributed by atoms with van der Waals surface area (Å²) in [5.74, 6) is 0.609. The van der Waals surface area contributed by atoms with E-state index in [4.69, 9.17) is 15.2 Å². The molecule has 1 amide bonds. The molecule has 3 N–H and O–H groups in total. The Hall–Kier alpha value is -1.05. The average Bonchev–Trinajstić information content (AvgIpc) is 2.55. The summed E-state index contributed by atoms with van der Waals surface area (Å²) in [5, 5.41) is 2.92. The number of carbonyl (C=O) groups is 1. The molecule has 2 atom stereocenters. The second-order valence-corrected chi connectivity index (χ2v) is 7.47. The lowest BCUT2D eigenvalue weighted by molar-refractivity contribution is -0.166. The van der Waals surface area contributed by atoms with E-state index in [-0.39, 0.29) is 36.8 Å². The van der Waals surface area contributed by atoms with Crippen LogP contribution in [0.5, 0.6) is 5.75 Å². The van der Waals surface area contributed by atoms with Crippen molar-refractivity contribution in [2.75, 3.05) is 39.2 Å². The Morgan fingerprint density at radius 1 is 1.26 bits per heavy atom. The molecule has 1 aromatic rings. The van der Waals surface area contributed by atoms with Crippen LogP contribution in [0.1, 0.15) is 27.2 Å². The van der Waals surface area contributed by atoms with Crippen molar-refractivity contribution in [1.29, 1.82) is 0 Å². The van der Waals surface area contributed by atoms with Gasteiger partial charge in [-0.2, -0.15) is 0 Å². The fourth-order valence-electron chi connectivity index (χ4n) is 3.04. The van der Waals surface area contributed by atoms with Gasteiger partial charge in [-0.3, -0.25) is 4.79 Å². The number of nitrogens with two attached hydrogens (primary N) is 1. The highest BCUT2D eigenvalue weighted by Crippen LogP contribution is 2.50. The van der Waals surface area contributed by atoms with Gasteiger partial charge >= 0.3 is 0 Å². The quantitative estimate of drug-likeness (QED) is 0.674. The number of likely N-dealkylation sites (N-methyl/N-ethyl adjacent to an activating group) is 1. The molecule has 0 heterocycles. The molecular formula is C19H33Cl2N3O3. The Morgan fingerprint density at radius 3 is 2.33 bits per heavy atom. The van der Waals surface area contributed by atoms with Crippen LogP contribution in [0.3, 0.4) is 0 Å². The summed E-state index contributed by atoms with van der Waals surface area (Å²) in [6.45, 7) is 8.02. The van der Waals surface area contributed by atoms with Gasteiger partial charge in [-0.25, -0.2) is 0 Å². The number of carbonyl (C=O) groups excluding carboxylic acids is 1. The third-order valence-corrected chi connectivity index (χ3v) is 5.15. The number of halogens is 2. The van der Waals surface area contributed by atoms with Crippen molar-refractivity contribution in [3.05, 3.63) is 24.3 Å². The highest BCUT2D eigenvalue weighted by Gasteiger charge is 2.62.